The Morgan fingerprint density at radius 1 is 1.26 bits per heavy atom. The lowest BCUT2D eigenvalue weighted by Gasteiger charge is -2.44. The minimum Gasteiger partial charge on any atom is -0.378 e. The van der Waals surface area contributed by atoms with Gasteiger partial charge in [0.05, 0.1) is 31.1 Å². The molecule has 0 radical (unpaired) electrons. The third-order valence-corrected chi connectivity index (χ3v) is 4.85. The molecule has 2 fully saturated rings. The fraction of sp³-hybridized carbons (Fsp3) is 0.471. The summed E-state index contributed by atoms with van der Waals surface area (Å²) in [4.78, 5) is 10.1. The Morgan fingerprint density at radius 2 is 2.13 bits per heavy atom. The van der Waals surface area contributed by atoms with Gasteiger partial charge in [0.15, 0.2) is 0 Å². The number of hydrogen-bond donors (Lipinski definition) is 1. The zero-order valence-electron chi connectivity index (χ0n) is 12.8. The van der Waals surface area contributed by atoms with Crippen LogP contribution in [0.1, 0.15) is 31.1 Å². The van der Waals surface area contributed by atoms with Crippen molar-refractivity contribution >= 4 is 0 Å². The maximum Gasteiger partial charge on any atom is 0.135 e. The molecule has 0 bridgehead atoms. The van der Waals surface area contributed by atoms with E-state index in [2.05, 4.69) is 14.9 Å². The van der Waals surface area contributed by atoms with Crippen LogP contribution in [0.2, 0.25) is 0 Å². The van der Waals surface area contributed by atoms with Crippen molar-refractivity contribution in [3.05, 3.63) is 41.9 Å². The quantitative estimate of drug-likeness (QED) is 0.944. The molecule has 2 aliphatic rings. The number of morpholine rings is 1. The van der Waals surface area contributed by atoms with Crippen LogP contribution in [0.4, 0.5) is 8.78 Å². The average Bonchev–Trinajstić information content (AvgIpc) is 2.95. The van der Waals surface area contributed by atoms with Crippen molar-refractivity contribution < 1.29 is 13.5 Å². The lowest BCUT2D eigenvalue weighted by molar-refractivity contribution is -0.0494. The van der Waals surface area contributed by atoms with Crippen molar-refractivity contribution in [3.8, 4) is 11.3 Å². The Labute approximate surface area is 133 Å². The molecule has 1 aromatic heterocycles. The summed E-state index contributed by atoms with van der Waals surface area (Å²) in [5.74, 6) is -0.380. The molecule has 1 aliphatic heterocycles. The Balaban J connectivity index is 1.61. The zero-order valence-corrected chi connectivity index (χ0v) is 12.8. The molecule has 1 unspecified atom stereocenters. The Bertz CT molecular complexity index is 699. The number of aromatic amines is 1. The van der Waals surface area contributed by atoms with E-state index >= 15 is 0 Å². The number of aromatic nitrogens is 2. The number of nitrogens with zero attached hydrogens (tertiary/aromatic N) is 2. The van der Waals surface area contributed by atoms with Gasteiger partial charge in [0.2, 0.25) is 0 Å². The summed E-state index contributed by atoms with van der Waals surface area (Å²) < 4.78 is 32.6. The number of ether oxygens (including phenoxy) is 1. The molecule has 0 amide bonds. The van der Waals surface area contributed by atoms with E-state index in [1.54, 1.807) is 6.20 Å². The molecule has 122 valence electrons. The predicted molar refractivity (Wildman–Crippen MR) is 81.8 cm³/mol. The molecule has 2 aromatic rings. The van der Waals surface area contributed by atoms with Crippen LogP contribution in [0.3, 0.4) is 0 Å². The van der Waals surface area contributed by atoms with Gasteiger partial charge in [-0.2, -0.15) is 0 Å². The van der Waals surface area contributed by atoms with Crippen molar-refractivity contribution in [1.29, 1.82) is 0 Å². The monoisotopic (exact) mass is 319 g/mol. The molecule has 0 spiro atoms. The first kappa shape index (κ1) is 14.8. The lowest BCUT2D eigenvalue weighted by Crippen LogP contribution is -2.48. The number of benzene rings is 1. The summed E-state index contributed by atoms with van der Waals surface area (Å²) >= 11 is 0. The Kier molecular flexibility index (Phi) is 3.87. The third-order valence-electron chi connectivity index (χ3n) is 4.85. The smallest absolute Gasteiger partial charge is 0.135 e. The van der Waals surface area contributed by atoms with Gasteiger partial charge in [0.1, 0.15) is 17.5 Å². The molecule has 6 heteroatoms. The summed E-state index contributed by atoms with van der Waals surface area (Å²) in [5.41, 5.74) is 0.897. The lowest BCUT2D eigenvalue weighted by atomic mass is 9.90. The van der Waals surface area contributed by atoms with E-state index < -0.39 is 11.6 Å². The van der Waals surface area contributed by atoms with Gasteiger partial charge in [-0.15, -0.1) is 0 Å². The number of imidazole rings is 1. The minimum absolute atomic E-state index is 0.0753. The number of nitrogens with one attached hydrogen (secondary N) is 1. The van der Waals surface area contributed by atoms with Gasteiger partial charge in [-0.05, 0) is 25.0 Å². The molecule has 23 heavy (non-hydrogen) atoms. The molecule has 1 atom stereocenters. The fourth-order valence-corrected chi connectivity index (χ4v) is 3.36. The second kappa shape index (κ2) is 6.02. The summed E-state index contributed by atoms with van der Waals surface area (Å²) in [6, 6.07) is 4.25. The molecule has 1 aromatic carbocycles. The second-order valence-electron chi connectivity index (χ2n) is 6.22. The molecule has 1 saturated heterocycles. The maximum absolute atomic E-state index is 13.9. The van der Waals surface area contributed by atoms with Crippen LogP contribution in [0, 0.1) is 11.6 Å². The minimum atomic E-state index is -0.587. The van der Waals surface area contributed by atoms with Crippen molar-refractivity contribution in [2.45, 2.75) is 31.3 Å². The van der Waals surface area contributed by atoms with E-state index in [1.807, 2.05) is 0 Å². The Hall–Kier alpha value is -1.79. The number of halogens is 2. The van der Waals surface area contributed by atoms with Crippen molar-refractivity contribution in [3.63, 3.8) is 0 Å². The average molecular weight is 319 g/mol. The van der Waals surface area contributed by atoms with Gasteiger partial charge in [0.25, 0.3) is 0 Å². The van der Waals surface area contributed by atoms with E-state index in [4.69, 9.17) is 4.74 Å². The van der Waals surface area contributed by atoms with E-state index in [0.717, 1.165) is 25.0 Å². The molecule has 2 heterocycles. The van der Waals surface area contributed by atoms with E-state index in [0.29, 0.717) is 23.9 Å². The third kappa shape index (κ3) is 2.77. The Morgan fingerprint density at radius 3 is 2.87 bits per heavy atom. The summed E-state index contributed by atoms with van der Waals surface area (Å²) in [6.45, 7) is 2.23. The van der Waals surface area contributed by atoms with Gasteiger partial charge >= 0.3 is 0 Å². The largest absolute Gasteiger partial charge is 0.378 e. The first-order valence-electron chi connectivity index (χ1n) is 8.06. The standard InChI is InChI=1S/C17H19F2N3O/c18-11-4-5-13(14(19)8-11)15-9-20-17(21-15)16-10-23-7-6-22(16)12-2-1-3-12/h4-5,8-9,12,16H,1-3,6-7,10H2,(H,20,21). The van der Waals surface area contributed by atoms with Gasteiger partial charge in [-0.1, -0.05) is 6.42 Å². The molecular weight excluding hydrogens is 300 g/mol. The van der Waals surface area contributed by atoms with E-state index in [-0.39, 0.29) is 6.04 Å². The highest BCUT2D eigenvalue weighted by atomic mass is 19.1. The van der Waals surface area contributed by atoms with Crippen LogP contribution >= 0.6 is 0 Å². The first-order chi connectivity index (χ1) is 11.2. The molecule has 1 aliphatic carbocycles. The molecule has 4 rings (SSSR count). The van der Waals surface area contributed by atoms with Gasteiger partial charge in [-0.3, -0.25) is 4.90 Å². The SMILES string of the molecule is Fc1ccc(-c2cnc(C3COCCN3C3CCC3)[nH]2)c(F)c1. The van der Waals surface area contributed by atoms with E-state index in [9.17, 15) is 8.78 Å². The highest BCUT2D eigenvalue weighted by molar-refractivity contribution is 5.59. The van der Waals surface area contributed by atoms with Gasteiger partial charge < -0.3 is 9.72 Å². The van der Waals surface area contributed by atoms with Crippen LogP contribution in [-0.4, -0.2) is 40.7 Å². The number of rotatable bonds is 3. The zero-order chi connectivity index (χ0) is 15.8. The fourth-order valence-electron chi connectivity index (χ4n) is 3.36. The summed E-state index contributed by atoms with van der Waals surface area (Å²) in [7, 11) is 0. The van der Waals surface area contributed by atoms with Crippen LogP contribution in [0.15, 0.2) is 24.4 Å². The number of H-pyrrole nitrogens is 1. The van der Waals surface area contributed by atoms with E-state index in [1.165, 1.54) is 31.4 Å². The second-order valence-corrected chi connectivity index (χ2v) is 6.22. The molecule has 4 nitrogen and oxygen atoms in total. The molecular formula is C17H19F2N3O. The van der Waals surface area contributed by atoms with Crippen molar-refractivity contribution in [1.82, 2.24) is 14.9 Å². The molecule has 1 saturated carbocycles. The maximum atomic E-state index is 13.9. The van der Waals surface area contributed by atoms with Crippen molar-refractivity contribution in [2.24, 2.45) is 0 Å². The van der Waals surface area contributed by atoms with Gasteiger partial charge in [-0.25, -0.2) is 13.8 Å². The highest BCUT2D eigenvalue weighted by Gasteiger charge is 2.35. The highest BCUT2D eigenvalue weighted by Crippen LogP contribution is 2.34. The summed E-state index contributed by atoms with van der Waals surface area (Å²) in [5, 5.41) is 0. The normalized spacial score (nSPS) is 23.0. The topological polar surface area (TPSA) is 41.1 Å². The van der Waals surface area contributed by atoms with Crippen LogP contribution in [0.5, 0.6) is 0 Å². The summed E-state index contributed by atoms with van der Waals surface area (Å²) in [6.07, 6.45) is 5.32. The number of hydrogen-bond acceptors (Lipinski definition) is 3. The van der Waals surface area contributed by atoms with Crippen molar-refractivity contribution in [2.75, 3.05) is 19.8 Å². The predicted octanol–water partition coefficient (Wildman–Crippen LogP) is 3.28. The van der Waals surface area contributed by atoms with Crippen LogP contribution < -0.4 is 0 Å². The van der Waals surface area contributed by atoms with Crippen LogP contribution in [-0.2, 0) is 4.74 Å². The first-order valence-corrected chi connectivity index (χ1v) is 8.06. The van der Waals surface area contributed by atoms with Crippen LogP contribution in [0.25, 0.3) is 11.3 Å². The van der Waals surface area contributed by atoms with Gasteiger partial charge in [0, 0.05) is 24.2 Å². The molecule has 1 N–H and O–H groups in total.